The number of amides is 2. The molecule has 110 valence electrons. The number of rotatable bonds is 3. The number of aromatic nitrogens is 1. The molecule has 0 aliphatic rings. The summed E-state index contributed by atoms with van der Waals surface area (Å²) in [6, 6.07) is 6.23. The fraction of sp³-hybridized carbons (Fsp3) is 0.143. The van der Waals surface area contributed by atoms with Crippen LogP contribution in [0.5, 0.6) is 0 Å². The van der Waals surface area contributed by atoms with Crippen molar-refractivity contribution in [3.63, 3.8) is 0 Å². The van der Waals surface area contributed by atoms with Crippen molar-refractivity contribution in [3.05, 3.63) is 46.2 Å². The number of aromatic carboxylic acids is 1. The van der Waals surface area contributed by atoms with Crippen molar-refractivity contribution >= 4 is 35.0 Å². The fourth-order valence-electron chi connectivity index (χ4n) is 1.91. The number of urea groups is 1. The smallest absolute Gasteiger partial charge is 0.354 e. The maximum atomic E-state index is 12.0. The van der Waals surface area contributed by atoms with Crippen LogP contribution in [0.1, 0.15) is 21.7 Å². The zero-order chi connectivity index (χ0) is 15.6. The van der Waals surface area contributed by atoms with Crippen molar-refractivity contribution in [2.24, 2.45) is 0 Å². The Balaban J connectivity index is 2.18. The van der Waals surface area contributed by atoms with E-state index in [1.54, 1.807) is 25.1 Å². The first-order valence-electron chi connectivity index (χ1n) is 6.14. The highest BCUT2D eigenvalue weighted by Crippen LogP contribution is 2.25. The van der Waals surface area contributed by atoms with Crippen LogP contribution < -0.4 is 10.6 Å². The quantitative estimate of drug-likeness (QED) is 0.697. The van der Waals surface area contributed by atoms with Crippen molar-refractivity contribution in [2.45, 2.75) is 13.8 Å². The molecule has 2 aromatic rings. The predicted molar refractivity (Wildman–Crippen MR) is 81.3 cm³/mol. The summed E-state index contributed by atoms with van der Waals surface area (Å²) in [4.78, 5) is 25.7. The number of carbonyl (C=O) groups is 2. The van der Waals surface area contributed by atoms with E-state index in [0.717, 1.165) is 5.56 Å². The Morgan fingerprint density at radius 3 is 2.57 bits per heavy atom. The van der Waals surface area contributed by atoms with Gasteiger partial charge in [-0.2, -0.15) is 0 Å². The molecule has 0 saturated heterocycles. The molecule has 0 saturated carbocycles. The lowest BCUT2D eigenvalue weighted by molar-refractivity contribution is 0.0692. The molecule has 0 bridgehead atoms. The molecule has 1 aromatic carbocycles. The van der Waals surface area contributed by atoms with Crippen LogP contribution in [-0.2, 0) is 0 Å². The molecule has 0 atom stereocenters. The van der Waals surface area contributed by atoms with E-state index in [2.05, 4.69) is 15.6 Å². The number of aromatic amines is 1. The Labute approximate surface area is 126 Å². The van der Waals surface area contributed by atoms with Crippen molar-refractivity contribution < 1.29 is 14.7 Å². The van der Waals surface area contributed by atoms with Crippen molar-refractivity contribution in [2.75, 3.05) is 10.6 Å². The maximum absolute atomic E-state index is 12.0. The summed E-state index contributed by atoms with van der Waals surface area (Å²) in [7, 11) is 0. The summed E-state index contributed by atoms with van der Waals surface area (Å²) < 4.78 is 0. The van der Waals surface area contributed by atoms with Crippen molar-refractivity contribution in [3.8, 4) is 0 Å². The number of nitrogens with one attached hydrogen (secondary N) is 3. The average Bonchev–Trinajstić information content (AvgIpc) is 2.75. The first-order valence-corrected chi connectivity index (χ1v) is 6.52. The highest BCUT2D eigenvalue weighted by atomic mass is 35.5. The Morgan fingerprint density at radius 2 is 1.95 bits per heavy atom. The monoisotopic (exact) mass is 307 g/mol. The first-order chi connectivity index (χ1) is 9.88. The van der Waals surface area contributed by atoms with Crippen LogP contribution in [0.2, 0.25) is 5.02 Å². The molecule has 0 radical (unpaired) electrons. The third kappa shape index (κ3) is 3.35. The summed E-state index contributed by atoms with van der Waals surface area (Å²) in [5.74, 6) is -1.15. The molecule has 2 rings (SSSR count). The topological polar surface area (TPSA) is 94.2 Å². The SMILES string of the molecule is Cc1cc(NC(=O)Nc2c(C)cccc2Cl)c(C(=O)O)[nH]1. The second-order valence-corrected chi connectivity index (χ2v) is 4.96. The lowest BCUT2D eigenvalue weighted by atomic mass is 10.2. The molecule has 0 aliphatic heterocycles. The molecule has 4 N–H and O–H groups in total. The number of halogens is 1. The van der Waals surface area contributed by atoms with Crippen LogP contribution in [0.3, 0.4) is 0 Å². The van der Waals surface area contributed by atoms with Gasteiger partial charge in [-0.1, -0.05) is 23.7 Å². The van der Waals surface area contributed by atoms with Crippen molar-refractivity contribution in [1.82, 2.24) is 4.98 Å². The van der Waals surface area contributed by atoms with Gasteiger partial charge in [0, 0.05) is 5.69 Å². The van der Waals surface area contributed by atoms with Gasteiger partial charge in [0.15, 0.2) is 0 Å². The number of hydrogen-bond acceptors (Lipinski definition) is 2. The lowest BCUT2D eigenvalue weighted by Crippen LogP contribution is -2.21. The highest BCUT2D eigenvalue weighted by Gasteiger charge is 2.16. The number of carboxylic acids is 1. The van der Waals surface area contributed by atoms with Gasteiger partial charge < -0.3 is 20.7 Å². The molecule has 2 amide bonds. The van der Waals surface area contributed by atoms with Crippen LogP contribution in [0.15, 0.2) is 24.3 Å². The van der Waals surface area contributed by atoms with Gasteiger partial charge in [0.2, 0.25) is 0 Å². The molecule has 7 heteroatoms. The van der Waals surface area contributed by atoms with Gasteiger partial charge in [-0.3, -0.25) is 0 Å². The molecule has 1 aromatic heterocycles. The van der Waals surface area contributed by atoms with E-state index in [1.165, 1.54) is 0 Å². The van der Waals surface area contributed by atoms with Gasteiger partial charge in [-0.15, -0.1) is 0 Å². The zero-order valence-electron chi connectivity index (χ0n) is 11.5. The number of anilines is 2. The van der Waals surface area contributed by atoms with Crippen LogP contribution >= 0.6 is 11.6 Å². The zero-order valence-corrected chi connectivity index (χ0v) is 12.2. The van der Waals surface area contributed by atoms with Crippen LogP contribution in [0.25, 0.3) is 0 Å². The van der Waals surface area contributed by atoms with E-state index >= 15 is 0 Å². The molecule has 1 heterocycles. The molecule has 21 heavy (non-hydrogen) atoms. The number of benzene rings is 1. The number of carbonyl (C=O) groups excluding carboxylic acids is 1. The summed E-state index contributed by atoms with van der Waals surface area (Å²) in [5, 5.41) is 14.6. The highest BCUT2D eigenvalue weighted by molar-refractivity contribution is 6.34. The van der Waals surface area contributed by atoms with E-state index < -0.39 is 12.0 Å². The minimum Gasteiger partial charge on any atom is -0.477 e. The fourth-order valence-corrected chi connectivity index (χ4v) is 2.18. The second kappa shape index (κ2) is 5.88. The van der Waals surface area contributed by atoms with Gasteiger partial charge in [-0.25, -0.2) is 9.59 Å². The molecule has 6 nitrogen and oxygen atoms in total. The summed E-state index contributed by atoms with van der Waals surface area (Å²) >= 11 is 6.02. The predicted octanol–water partition coefficient (Wildman–Crippen LogP) is 3.63. The van der Waals surface area contributed by atoms with E-state index in [1.807, 2.05) is 13.0 Å². The number of carboxylic acid groups (broad SMARTS) is 1. The third-order valence-electron chi connectivity index (χ3n) is 2.87. The van der Waals surface area contributed by atoms with E-state index in [0.29, 0.717) is 16.4 Å². The third-order valence-corrected chi connectivity index (χ3v) is 3.19. The van der Waals surface area contributed by atoms with Gasteiger partial charge in [0.05, 0.1) is 16.4 Å². The van der Waals surface area contributed by atoms with E-state index in [4.69, 9.17) is 16.7 Å². The summed E-state index contributed by atoms with van der Waals surface area (Å²) in [5.41, 5.74) is 2.06. The van der Waals surface area contributed by atoms with Crippen molar-refractivity contribution in [1.29, 1.82) is 0 Å². The van der Waals surface area contributed by atoms with E-state index in [-0.39, 0.29) is 11.4 Å². The van der Waals surface area contributed by atoms with Crippen LogP contribution in [0.4, 0.5) is 16.2 Å². The number of para-hydroxylation sites is 1. The van der Waals surface area contributed by atoms with Gasteiger partial charge >= 0.3 is 12.0 Å². The number of aryl methyl sites for hydroxylation is 2. The molecular weight excluding hydrogens is 294 g/mol. The molecule has 0 fully saturated rings. The van der Waals surface area contributed by atoms with E-state index in [9.17, 15) is 9.59 Å². The van der Waals surface area contributed by atoms with Crippen LogP contribution in [0, 0.1) is 13.8 Å². The first kappa shape index (κ1) is 14.9. The number of H-pyrrole nitrogens is 1. The van der Waals surface area contributed by atoms with Crippen LogP contribution in [-0.4, -0.2) is 22.1 Å². The molecular formula is C14H14ClN3O3. The Bertz CT molecular complexity index is 689. The van der Waals surface area contributed by atoms with Gasteiger partial charge in [0.1, 0.15) is 5.69 Å². The average molecular weight is 308 g/mol. The molecule has 0 aliphatic carbocycles. The molecule has 0 unspecified atom stereocenters. The van der Waals surface area contributed by atoms with Gasteiger partial charge in [0.25, 0.3) is 0 Å². The summed E-state index contributed by atoms with van der Waals surface area (Å²) in [6.07, 6.45) is 0. The lowest BCUT2D eigenvalue weighted by Gasteiger charge is -2.11. The Kier molecular flexibility index (Phi) is 4.18. The molecule has 0 spiro atoms. The normalized spacial score (nSPS) is 10.2. The maximum Gasteiger partial charge on any atom is 0.354 e. The number of hydrogen-bond donors (Lipinski definition) is 4. The summed E-state index contributed by atoms with van der Waals surface area (Å²) in [6.45, 7) is 3.51. The Hall–Kier alpha value is -2.47. The Morgan fingerprint density at radius 1 is 1.24 bits per heavy atom. The minimum atomic E-state index is -1.15. The minimum absolute atomic E-state index is 0.0708. The van der Waals surface area contributed by atoms with Gasteiger partial charge in [-0.05, 0) is 31.5 Å². The standard InChI is InChI=1S/C14H14ClN3O3/c1-7-4-3-5-9(15)11(7)18-14(21)17-10-6-8(2)16-12(10)13(19)20/h3-6,16H,1-2H3,(H,19,20)(H2,17,18,21). The largest absolute Gasteiger partial charge is 0.477 e. The second-order valence-electron chi connectivity index (χ2n) is 4.56.